The lowest BCUT2D eigenvalue weighted by Crippen LogP contribution is -2.41. The van der Waals surface area contributed by atoms with Crippen LogP contribution in [0.2, 0.25) is 0 Å². The number of carbonyl (C=O) groups is 1. The molecule has 1 N–H and O–H groups in total. The number of amides is 1. The Morgan fingerprint density at radius 2 is 2.19 bits per heavy atom. The van der Waals surface area contributed by atoms with E-state index in [9.17, 15) is 4.79 Å². The molecule has 0 saturated carbocycles. The molecule has 1 aliphatic heterocycles. The van der Waals surface area contributed by atoms with Crippen LogP contribution in [0.5, 0.6) is 0 Å². The average molecular weight is 366 g/mol. The number of fused-ring (bicyclic) bond motifs is 1. The first-order chi connectivity index (χ1) is 13.2. The minimum absolute atomic E-state index is 0.00927. The molecule has 1 saturated heterocycles. The van der Waals surface area contributed by atoms with Crippen molar-refractivity contribution in [1.82, 2.24) is 30.5 Å². The van der Waals surface area contributed by atoms with Gasteiger partial charge in [0.1, 0.15) is 5.82 Å². The lowest BCUT2D eigenvalue weighted by molar-refractivity contribution is -0.122. The van der Waals surface area contributed by atoms with Gasteiger partial charge in [0.25, 0.3) is 0 Å². The molecule has 0 bridgehead atoms. The molecular weight excluding hydrogens is 344 g/mol. The van der Waals surface area contributed by atoms with Crippen LogP contribution in [-0.2, 0) is 22.5 Å². The highest BCUT2D eigenvalue weighted by Crippen LogP contribution is 2.24. The van der Waals surface area contributed by atoms with Crippen molar-refractivity contribution >= 4 is 16.8 Å². The molecule has 3 aromatic rings. The van der Waals surface area contributed by atoms with Crippen LogP contribution < -0.4 is 5.32 Å². The number of aryl methyl sites for hydroxylation is 2. The number of nitrogens with one attached hydrogen (secondary N) is 1. The first kappa shape index (κ1) is 17.5. The second-order valence-corrected chi connectivity index (χ2v) is 6.86. The minimum atomic E-state index is -0.00927. The number of carbonyl (C=O) groups excluding carboxylic acids is 1. The fraction of sp³-hybridized carbons (Fsp3) is 0.421. The number of para-hydroxylation sites is 1. The van der Waals surface area contributed by atoms with Gasteiger partial charge in [-0.2, -0.15) is 0 Å². The van der Waals surface area contributed by atoms with E-state index in [0.29, 0.717) is 32.0 Å². The van der Waals surface area contributed by atoms with Gasteiger partial charge >= 0.3 is 0 Å². The smallest absolute Gasteiger partial charge is 0.222 e. The molecule has 0 radical (unpaired) electrons. The molecule has 0 unspecified atom stereocenters. The maximum atomic E-state index is 12.4. The number of benzene rings is 1. The molecule has 0 aliphatic carbocycles. The van der Waals surface area contributed by atoms with E-state index in [4.69, 9.17) is 4.74 Å². The Labute approximate surface area is 156 Å². The van der Waals surface area contributed by atoms with E-state index in [1.165, 1.54) is 5.56 Å². The van der Waals surface area contributed by atoms with Crippen LogP contribution in [0.15, 0.2) is 36.5 Å². The molecule has 8 nitrogen and oxygen atoms in total. The molecular formula is C19H22N6O2. The van der Waals surface area contributed by atoms with Crippen LogP contribution in [0.25, 0.3) is 10.9 Å². The number of tetrazole rings is 1. The van der Waals surface area contributed by atoms with Crippen LogP contribution in [0, 0.1) is 12.8 Å². The Balaban J connectivity index is 1.38. The fourth-order valence-electron chi connectivity index (χ4n) is 3.52. The Bertz CT molecular complexity index is 935. The Hall–Kier alpha value is -2.87. The SMILES string of the molecule is Cc1nnnn1CCC(=O)N[C@@H]1COC[C@H]1Cc1ccnc2ccccc12. The Kier molecular flexibility index (Phi) is 5.06. The lowest BCUT2D eigenvalue weighted by Gasteiger charge is -2.20. The third-order valence-electron chi connectivity index (χ3n) is 5.03. The van der Waals surface area contributed by atoms with Crippen molar-refractivity contribution in [2.24, 2.45) is 5.92 Å². The number of aromatic nitrogens is 5. The van der Waals surface area contributed by atoms with Gasteiger partial charge in [0.2, 0.25) is 5.91 Å². The number of hydrogen-bond donors (Lipinski definition) is 1. The van der Waals surface area contributed by atoms with Gasteiger partial charge in [-0.1, -0.05) is 18.2 Å². The summed E-state index contributed by atoms with van der Waals surface area (Å²) in [6, 6.07) is 10.2. The maximum absolute atomic E-state index is 12.4. The summed E-state index contributed by atoms with van der Waals surface area (Å²) in [6.45, 7) is 3.48. The second-order valence-electron chi connectivity index (χ2n) is 6.86. The minimum Gasteiger partial charge on any atom is -0.379 e. The van der Waals surface area contributed by atoms with Gasteiger partial charge in [-0.15, -0.1) is 5.10 Å². The summed E-state index contributed by atoms with van der Waals surface area (Å²) in [7, 11) is 0. The largest absolute Gasteiger partial charge is 0.379 e. The predicted molar refractivity (Wildman–Crippen MR) is 98.9 cm³/mol. The van der Waals surface area contributed by atoms with Crippen LogP contribution in [-0.4, -0.2) is 50.4 Å². The number of pyridine rings is 1. The topological polar surface area (TPSA) is 94.8 Å². The zero-order valence-electron chi connectivity index (χ0n) is 15.2. The summed E-state index contributed by atoms with van der Waals surface area (Å²) in [5, 5.41) is 15.6. The number of hydrogen-bond acceptors (Lipinski definition) is 6. The third kappa shape index (κ3) is 3.95. The molecule has 3 heterocycles. The van der Waals surface area contributed by atoms with Crippen molar-refractivity contribution in [3.63, 3.8) is 0 Å². The highest BCUT2D eigenvalue weighted by atomic mass is 16.5. The number of rotatable bonds is 6. The average Bonchev–Trinajstić information content (AvgIpc) is 3.29. The summed E-state index contributed by atoms with van der Waals surface area (Å²) < 4.78 is 7.29. The van der Waals surface area contributed by atoms with E-state index >= 15 is 0 Å². The van der Waals surface area contributed by atoms with Gasteiger partial charge in [-0.05, 0) is 41.5 Å². The van der Waals surface area contributed by atoms with E-state index < -0.39 is 0 Å². The van der Waals surface area contributed by atoms with Crippen molar-refractivity contribution in [2.75, 3.05) is 13.2 Å². The highest BCUT2D eigenvalue weighted by molar-refractivity contribution is 5.81. The first-order valence-corrected chi connectivity index (χ1v) is 9.13. The molecule has 2 atom stereocenters. The third-order valence-corrected chi connectivity index (χ3v) is 5.03. The molecule has 4 rings (SSSR count). The second kappa shape index (κ2) is 7.79. The highest BCUT2D eigenvalue weighted by Gasteiger charge is 2.30. The van der Waals surface area contributed by atoms with Crippen molar-refractivity contribution in [3.05, 3.63) is 47.9 Å². The Morgan fingerprint density at radius 3 is 3.04 bits per heavy atom. The fourth-order valence-corrected chi connectivity index (χ4v) is 3.52. The number of nitrogens with zero attached hydrogens (tertiary/aromatic N) is 5. The lowest BCUT2D eigenvalue weighted by atomic mass is 9.93. The van der Waals surface area contributed by atoms with Gasteiger partial charge in [-0.3, -0.25) is 9.78 Å². The van der Waals surface area contributed by atoms with Crippen molar-refractivity contribution in [3.8, 4) is 0 Å². The summed E-state index contributed by atoms with van der Waals surface area (Å²) in [5.74, 6) is 0.939. The van der Waals surface area contributed by atoms with Gasteiger partial charge < -0.3 is 10.1 Å². The van der Waals surface area contributed by atoms with Crippen LogP contribution >= 0.6 is 0 Å². The molecule has 1 amide bonds. The molecule has 1 aromatic carbocycles. The zero-order valence-corrected chi connectivity index (χ0v) is 15.2. The summed E-state index contributed by atoms with van der Waals surface area (Å²) >= 11 is 0. The van der Waals surface area contributed by atoms with Crippen LogP contribution in [0.1, 0.15) is 17.8 Å². The molecule has 27 heavy (non-hydrogen) atoms. The van der Waals surface area contributed by atoms with E-state index in [0.717, 1.165) is 17.3 Å². The molecule has 1 fully saturated rings. The van der Waals surface area contributed by atoms with E-state index in [1.54, 1.807) is 4.68 Å². The molecule has 140 valence electrons. The van der Waals surface area contributed by atoms with Gasteiger partial charge in [-0.25, -0.2) is 4.68 Å². The Morgan fingerprint density at radius 1 is 1.30 bits per heavy atom. The molecule has 1 aliphatic rings. The number of ether oxygens (including phenoxy) is 1. The van der Waals surface area contributed by atoms with Gasteiger partial charge in [0.05, 0.1) is 31.3 Å². The normalized spacial score (nSPS) is 19.4. The zero-order chi connectivity index (χ0) is 18.6. The maximum Gasteiger partial charge on any atom is 0.222 e. The van der Waals surface area contributed by atoms with E-state index in [-0.39, 0.29) is 17.9 Å². The van der Waals surface area contributed by atoms with E-state index in [1.807, 2.05) is 31.3 Å². The predicted octanol–water partition coefficient (Wildman–Crippen LogP) is 1.29. The quantitative estimate of drug-likeness (QED) is 0.706. The van der Waals surface area contributed by atoms with Crippen LogP contribution in [0.3, 0.4) is 0 Å². The molecule has 0 spiro atoms. The van der Waals surface area contributed by atoms with E-state index in [2.05, 4.69) is 38.0 Å². The molecule has 2 aromatic heterocycles. The molecule has 8 heteroatoms. The van der Waals surface area contributed by atoms with Gasteiger partial charge in [0.15, 0.2) is 0 Å². The standard InChI is InChI=1S/C19H22N6O2/c1-13-22-23-24-25(13)9-7-19(26)21-18-12-27-11-15(18)10-14-6-8-20-17-5-3-2-4-16(14)17/h2-6,8,15,18H,7,9-12H2,1H3,(H,21,26)/t15-,18-/m1/s1. The van der Waals surface area contributed by atoms with Crippen molar-refractivity contribution < 1.29 is 9.53 Å². The summed E-state index contributed by atoms with van der Waals surface area (Å²) in [6.07, 6.45) is 3.03. The van der Waals surface area contributed by atoms with Crippen LogP contribution in [0.4, 0.5) is 0 Å². The van der Waals surface area contributed by atoms with Gasteiger partial charge in [0, 0.05) is 23.9 Å². The van der Waals surface area contributed by atoms with Crippen molar-refractivity contribution in [2.45, 2.75) is 32.4 Å². The monoisotopic (exact) mass is 366 g/mol. The summed E-state index contributed by atoms with van der Waals surface area (Å²) in [4.78, 5) is 16.8. The summed E-state index contributed by atoms with van der Waals surface area (Å²) in [5.41, 5.74) is 2.23. The first-order valence-electron chi connectivity index (χ1n) is 9.13. The van der Waals surface area contributed by atoms with Crippen molar-refractivity contribution in [1.29, 1.82) is 0 Å².